The zero-order valence-corrected chi connectivity index (χ0v) is 17.8. The number of carbonyl (C=O) groups is 3. The van der Waals surface area contributed by atoms with E-state index < -0.39 is 11.6 Å². The molecule has 0 radical (unpaired) electrons. The second-order valence-corrected chi connectivity index (χ2v) is 9.35. The van der Waals surface area contributed by atoms with Crippen LogP contribution < -0.4 is 16.0 Å². The van der Waals surface area contributed by atoms with Gasteiger partial charge in [0.2, 0.25) is 5.91 Å². The minimum absolute atomic E-state index is 0.0530. The number of imide groups is 1. The van der Waals surface area contributed by atoms with E-state index >= 15 is 0 Å². The first-order valence-corrected chi connectivity index (χ1v) is 11.2. The van der Waals surface area contributed by atoms with E-state index in [0.29, 0.717) is 25.7 Å². The van der Waals surface area contributed by atoms with Crippen LogP contribution in [-0.4, -0.2) is 28.4 Å². The summed E-state index contributed by atoms with van der Waals surface area (Å²) < 4.78 is 1.16. The fourth-order valence-corrected chi connectivity index (χ4v) is 5.42. The van der Waals surface area contributed by atoms with E-state index in [0.717, 1.165) is 26.5 Å². The van der Waals surface area contributed by atoms with Crippen molar-refractivity contribution >= 4 is 45.1 Å². The number of aromatic nitrogens is 1. The Morgan fingerprint density at radius 1 is 1.13 bits per heavy atom. The predicted octanol–water partition coefficient (Wildman–Crippen LogP) is 3.98. The van der Waals surface area contributed by atoms with E-state index in [4.69, 9.17) is 4.98 Å². The minimum Gasteiger partial charge on any atom is -0.326 e. The number of benzene rings is 2. The highest BCUT2D eigenvalue weighted by Gasteiger charge is 2.48. The number of aryl methyl sites for hydroxylation is 1. The quantitative estimate of drug-likeness (QED) is 0.543. The third-order valence-corrected chi connectivity index (χ3v) is 7.24. The lowest BCUT2D eigenvalue weighted by atomic mass is 9.76. The van der Waals surface area contributed by atoms with Crippen molar-refractivity contribution in [1.29, 1.82) is 0 Å². The smallest absolute Gasteiger partial charge is 0.322 e. The fourth-order valence-electron chi connectivity index (χ4n) is 4.35. The van der Waals surface area contributed by atoms with E-state index in [1.165, 1.54) is 5.56 Å². The number of hydrogen-bond donors (Lipinski definition) is 3. The van der Waals surface area contributed by atoms with E-state index in [9.17, 15) is 14.4 Å². The molecule has 0 atom stereocenters. The van der Waals surface area contributed by atoms with Gasteiger partial charge in [-0.05, 0) is 74.6 Å². The van der Waals surface area contributed by atoms with Crippen LogP contribution in [0.25, 0.3) is 20.8 Å². The molecule has 1 aliphatic heterocycles. The average molecular weight is 435 g/mol. The molecule has 1 saturated heterocycles. The van der Waals surface area contributed by atoms with Crippen molar-refractivity contribution in [3.8, 4) is 10.6 Å². The van der Waals surface area contributed by atoms with Gasteiger partial charge < -0.3 is 10.6 Å². The van der Waals surface area contributed by atoms with Gasteiger partial charge in [-0.15, -0.1) is 11.3 Å². The van der Waals surface area contributed by atoms with Crippen LogP contribution >= 0.6 is 11.3 Å². The Labute approximate surface area is 183 Å². The molecule has 4 amide bonds. The van der Waals surface area contributed by atoms with Crippen molar-refractivity contribution in [2.75, 3.05) is 5.32 Å². The van der Waals surface area contributed by atoms with E-state index in [2.05, 4.69) is 35.0 Å². The number of rotatable bonds is 3. The normalized spacial score (nSPS) is 23.1. The summed E-state index contributed by atoms with van der Waals surface area (Å²) in [5.74, 6) is -0.511. The number of fused-ring (bicyclic) bond motifs is 1. The number of urea groups is 1. The molecule has 2 aliphatic rings. The first-order valence-electron chi connectivity index (χ1n) is 10.3. The van der Waals surface area contributed by atoms with Crippen molar-refractivity contribution in [3.05, 3.63) is 48.0 Å². The van der Waals surface area contributed by atoms with Crippen LogP contribution in [0.4, 0.5) is 10.5 Å². The van der Waals surface area contributed by atoms with Crippen LogP contribution in [0.1, 0.15) is 31.2 Å². The molecule has 1 aliphatic carbocycles. The molecule has 1 spiro atoms. The van der Waals surface area contributed by atoms with Crippen molar-refractivity contribution in [2.45, 2.75) is 38.1 Å². The Balaban J connectivity index is 1.23. The third kappa shape index (κ3) is 3.67. The summed E-state index contributed by atoms with van der Waals surface area (Å²) in [6.07, 6.45) is 2.06. The molecule has 2 heterocycles. The Bertz CT molecular complexity index is 1190. The maximum Gasteiger partial charge on any atom is 0.322 e. The van der Waals surface area contributed by atoms with E-state index in [1.807, 2.05) is 30.3 Å². The molecule has 1 aromatic heterocycles. The molecule has 158 valence electrons. The number of anilines is 1. The highest BCUT2D eigenvalue weighted by Crippen LogP contribution is 2.35. The van der Waals surface area contributed by atoms with Gasteiger partial charge >= 0.3 is 6.03 Å². The SMILES string of the molecule is Cc1ccc2nc(-c3ccc(NC(=O)C4CCC5(CC4)NC(=O)NC5=O)cc3)sc2c1. The van der Waals surface area contributed by atoms with Crippen LogP contribution in [0, 0.1) is 12.8 Å². The molecule has 2 fully saturated rings. The molecule has 7 nitrogen and oxygen atoms in total. The molecule has 5 rings (SSSR count). The van der Waals surface area contributed by atoms with Gasteiger partial charge in [-0.25, -0.2) is 9.78 Å². The molecule has 1 saturated carbocycles. The first-order chi connectivity index (χ1) is 14.9. The van der Waals surface area contributed by atoms with Gasteiger partial charge in [0.05, 0.1) is 10.2 Å². The lowest BCUT2D eigenvalue weighted by molar-refractivity contribution is -0.128. The van der Waals surface area contributed by atoms with Gasteiger partial charge in [-0.3, -0.25) is 14.9 Å². The van der Waals surface area contributed by atoms with Gasteiger partial charge in [0.25, 0.3) is 5.91 Å². The Morgan fingerprint density at radius 3 is 2.55 bits per heavy atom. The van der Waals surface area contributed by atoms with Gasteiger partial charge in [-0.1, -0.05) is 6.07 Å². The maximum atomic E-state index is 12.7. The lowest BCUT2D eigenvalue weighted by Crippen LogP contribution is -2.50. The minimum atomic E-state index is -0.842. The second-order valence-electron chi connectivity index (χ2n) is 8.32. The summed E-state index contributed by atoms with van der Waals surface area (Å²) >= 11 is 1.66. The molecular weight excluding hydrogens is 412 g/mol. The topological polar surface area (TPSA) is 100 Å². The van der Waals surface area contributed by atoms with Crippen LogP contribution in [0.2, 0.25) is 0 Å². The Morgan fingerprint density at radius 2 is 1.87 bits per heavy atom. The summed E-state index contributed by atoms with van der Waals surface area (Å²) in [5, 5.41) is 8.95. The largest absolute Gasteiger partial charge is 0.326 e. The van der Waals surface area contributed by atoms with Crippen LogP contribution in [0.5, 0.6) is 0 Å². The molecular formula is C23H22N4O3S. The third-order valence-electron chi connectivity index (χ3n) is 6.17. The molecule has 0 unspecified atom stereocenters. The van der Waals surface area contributed by atoms with Gasteiger partial charge in [0.1, 0.15) is 10.5 Å². The number of thiazole rings is 1. The van der Waals surface area contributed by atoms with Gasteiger partial charge in [0.15, 0.2) is 0 Å². The van der Waals surface area contributed by atoms with Crippen molar-refractivity contribution < 1.29 is 14.4 Å². The molecule has 8 heteroatoms. The number of nitrogens with one attached hydrogen (secondary N) is 3. The number of amides is 4. The summed E-state index contributed by atoms with van der Waals surface area (Å²) in [6.45, 7) is 2.07. The summed E-state index contributed by atoms with van der Waals surface area (Å²) in [4.78, 5) is 40.9. The zero-order chi connectivity index (χ0) is 21.6. The zero-order valence-electron chi connectivity index (χ0n) is 17.0. The Hall–Kier alpha value is -3.26. The highest BCUT2D eigenvalue weighted by atomic mass is 32.1. The van der Waals surface area contributed by atoms with Crippen LogP contribution in [0.3, 0.4) is 0 Å². The van der Waals surface area contributed by atoms with Gasteiger partial charge in [0, 0.05) is 17.2 Å². The van der Waals surface area contributed by atoms with E-state index in [-0.39, 0.29) is 17.7 Å². The molecule has 31 heavy (non-hydrogen) atoms. The standard InChI is InChI=1S/C23H22N4O3S/c1-13-2-7-17-18(12-13)31-20(25-17)15-3-5-16(6-4-15)24-19(28)14-8-10-23(11-9-14)21(29)26-22(30)27-23/h2-7,12,14H,8-11H2,1H3,(H,24,28)(H2,26,27,29,30). The fraction of sp³-hybridized carbons (Fsp3) is 0.304. The van der Waals surface area contributed by atoms with Gasteiger partial charge in [-0.2, -0.15) is 0 Å². The lowest BCUT2D eigenvalue weighted by Gasteiger charge is -2.33. The summed E-state index contributed by atoms with van der Waals surface area (Å²) in [6, 6.07) is 13.5. The summed E-state index contributed by atoms with van der Waals surface area (Å²) in [7, 11) is 0. The summed E-state index contributed by atoms with van der Waals surface area (Å²) in [5.41, 5.74) is 3.11. The molecule has 3 N–H and O–H groups in total. The monoisotopic (exact) mass is 434 g/mol. The Kier molecular flexibility index (Phi) is 4.74. The molecule has 2 aromatic carbocycles. The predicted molar refractivity (Wildman–Crippen MR) is 120 cm³/mol. The van der Waals surface area contributed by atoms with Crippen molar-refractivity contribution in [2.24, 2.45) is 5.92 Å². The van der Waals surface area contributed by atoms with E-state index in [1.54, 1.807) is 11.3 Å². The van der Waals surface area contributed by atoms with Crippen LogP contribution in [0.15, 0.2) is 42.5 Å². The number of carbonyl (C=O) groups excluding carboxylic acids is 3. The number of hydrogen-bond acceptors (Lipinski definition) is 5. The molecule has 3 aromatic rings. The number of nitrogens with zero attached hydrogens (tertiary/aromatic N) is 1. The van der Waals surface area contributed by atoms with Crippen LogP contribution in [-0.2, 0) is 9.59 Å². The van der Waals surface area contributed by atoms with Crippen molar-refractivity contribution in [3.63, 3.8) is 0 Å². The maximum absolute atomic E-state index is 12.7. The second kappa shape index (κ2) is 7.46. The molecule has 0 bridgehead atoms. The average Bonchev–Trinajstić information content (AvgIpc) is 3.29. The van der Waals surface area contributed by atoms with Crippen molar-refractivity contribution in [1.82, 2.24) is 15.6 Å². The first kappa shape index (κ1) is 19.7. The highest BCUT2D eigenvalue weighted by molar-refractivity contribution is 7.21.